The Labute approximate surface area is 114 Å². The van der Waals surface area contributed by atoms with E-state index in [4.69, 9.17) is 10.5 Å². The van der Waals surface area contributed by atoms with E-state index in [-0.39, 0.29) is 0 Å². The molecule has 102 valence electrons. The Morgan fingerprint density at radius 2 is 1.95 bits per heavy atom. The number of rotatable bonds is 6. The SMILES string of the molecule is CCCCOc1ccc(-c2[nH]nc(N)c2CC)cc1. The summed E-state index contributed by atoms with van der Waals surface area (Å²) in [5, 5.41) is 7.07. The fraction of sp³-hybridized carbons (Fsp3) is 0.400. The van der Waals surface area contributed by atoms with Gasteiger partial charge in [-0.05, 0) is 37.1 Å². The zero-order valence-electron chi connectivity index (χ0n) is 11.6. The highest BCUT2D eigenvalue weighted by Gasteiger charge is 2.10. The summed E-state index contributed by atoms with van der Waals surface area (Å²) in [6, 6.07) is 8.05. The standard InChI is InChI=1S/C15H21N3O/c1-3-5-10-19-12-8-6-11(7-9-12)14-13(4-2)15(16)18-17-14/h6-9H,3-5,10H2,1-2H3,(H3,16,17,18). The number of nitrogens with one attached hydrogen (secondary N) is 1. The van der Waals surface area contributed by atoms with Crippen molar-refractivity contribution < 1.29 is 4.74 Å². The Balaban J connectivity index is 2.13. The second-order valence-corrected chi connectivity index (χ2v) is 4.54. The molecule has 0 aliphatic heterocycles. The lowest BCUT2D eigenvalue weighted by atomic mass is 10.1. The minimum Gasteiger partial charge on any atom is -0.494 e. The minimum absolute atomic E-state index is 0.584. The van der Waals surface area contributed by atoms with Gasteiger partial charge in [0.2, 0.25) is 0 Å². The molecule has 0 atom stereocenters. The summed E-state index contributed by atoms with van der Waals surface area (Å²) in [5.74, 6) is 1.49. The van der Waals surface area contributed by atoms with E-state index in [0.29, 0.717) is 5.82 Å². The van der Waals surface area contributed by atoms with Crippen LogP contribution in [0.4, 0.5) is 5.82 Å². The smallest absolute Gasteiger partial charge is 0.149 e. The molecule has 3 N–H and O–H groups in total. The van der Waals surface area contributed by atoms with E-state index in [0.717, 1.165) is 48.4 Å². The molecule has 0 unspecified atom stereocenters. The van der Waals surface area contributed by atoms with Crippen LogP contribution in [0.2, 0.25) is 0 Å². The molecule has 4 nitrogen and oxygen atoms in total. The van der Waals surface area contributed by atoms with Crippen molar-refractivity contribution in [2.75, 3.05) is 12.3 Å². The molecule has 19 heavy (non-hydrogen) atoms. The van der Waals surface area contributed by atoms with Gasteiger partial charge < -0.3 is 10.5 Å². The second-order valence-electron chi connectivity index (χ2n) is 4.54. The van der Waals surface area contributed by atoms with Crippen molar-refractivity contribution in [3.8, 4) is 17.0 Å². The monoisotopic (exact) mass is 259 g/mol. The number of unbranched alkanes of at least 4 members (excludes halogenated alkanes) is 1. The molecular weight excluding hydrogens is 238 g/mol. The van der Waals surface area contributed by atoms with Crippen LogP contribution in [0, 0.1) is 0 Å². The van der Waals surface area contributed by atoms with Crippen LogP contribution in [0.25, 0.3) is 11.3 Å². The molecule has 0 bridgehead atoms. The summed E-state index contributed by atoms with van der Waals surface area (Å²) < 4.78 is 5.65. The van der Waals surface area contributed by atoms with E-state index < -0.39 is 0 Å². The van der Waals surface area contributed by atoms with E-state index in [1.807, 2.05) is 24.3 Å². The lowest BCUT2D eigenvalue weighted by molar-refractivity contribution is 0.309. The Morgan fingerprint density at radius 3 is 2.58 bits per heavy atom. The first-order valence-corrected chi connectivity index (χ1v) is 6.82. The topological polar surface area (TPSA) is 63.9 Å². The highest BCUT2D eigenvalue weighted by atomic mass is 16.5. The Bertz CT molecular complexity index is 517. The molecule has 0 saturated heterocycles. The zero-order chi connectivity index (χ0) is 13.7. The van der Waals surface area contributed by atoms with E-state index in [1.54, 1.807) is 0 Å². The largest absolute Gasteiger partial charge is 0.494 e. The molecule has 0 amide bonds. The van der Waals surface area contributed by atoms with E-state index >= 15 is 0 Å². The van der Waals surface area contributed by atoms with E-state index in [2.05, 4.69) is 24.0 Å². The minimum atomic E-state index is 0.584. The van der Waals surface area contributed by atoms with Crippen molar-refractivity contribution in [3.63, 3.8) is 0 Å². The molecule has 4 heteroatoms. The maximum absolute atomic E-state index is 5.83. The molecule has 0 saturated carbocycles. The molecule has 1 aromatic carbocycles. The lowest BCUT2D eigenvalue weighted by Crippen LogP contribution is -1.96. The maximum atomic E-state index is 5.83. The van der Waals surface area contributed by atoms with Crippen LogP contribution in [0.15, 0.2) is 24.3 Å². The Morgan fingerprint density at radius 1 is 1.21 bits per heavy atom. The average Bonchev–Trinajstić information content (AvgIpc) is 2.81. The van der Waals surface area contributed by atoms with Gasteiger partial charge in [0, 0.05) is 11.1 Å². The fourth-order valence-electron chi connectivity index (χ4n) is 2.03. The highest BCUT2D eigenvalue weighted by Crippen LogP contribution is 2.27. The third-order valence-electron chi connectivity index (χ3n) is 3.16. The number of nitrogens with zero attached hydrogens (tertiary/aromatic N) is 1. The van der Waals surface area contributed by atoms with Gasteiger partial charge in [-0.2, -0.15) is 5.10 Å². The molecule has 1 heterocycles. The van der Waals surface area contributed by atoms with Gasteiger partial charge in [0.15, 0.2) is 0 Å². The van der Waals surface area contributed by atoms with E-state index in [9.17, 15) is 0 Å². The quantitative estimate of drug-likeness (QED) is 0.781. The molecule has 0 aliphatic carbocycles. The second kappa shape index (κ2) is 6.27. The van der Waals surface area contributed by atoms with Crippen LogP contribution in [-0.2, 0) is 6.42 Å². The summed E-state index contributed by atoms with van der Waals surface area (Å²) in [7, 11) is 0. The summed E-state index contributed by atoms with van der Waals surface area (Å²) in [6.45, 7) is 5.00. The van der Waals surface area contributed by atoms with Crippen LogP contribution in [0.3, 0.4) is 0 Å². The van der Waals surface area contributed by atoms with Gasteiger partial charge in [0.25, 0.3) is 0 Å². The molecule has 1 aromatic heterocycles. The van der Waals surface area contributed by atoms with Crippen molar-refractivity contribution in [1.82, 2.24) is 10.2 Å². The maximum Gasteiger partial charge on any atom is 0.149 e. The third-order valence-corrected chi connectivity index (χ3v) is 3.16. The molecule has 0 radical (unpaired) electrons. The molecule has 0 spiro atoms. The fourth-order valence-corrected chi connectivity index (χ4v) is 2.03. The Kier molecular flexibility index (Phi) is 4.44. The number of benzene rings is 1. The summed E-state index contributed by atoms with van der Waals surface area (Å²) in [4.78, 5) is 0. The number of anilines is 1. The number of hydrogen-bond acceptors (Lipinski definition) is 3. The van der Waals surface area contributed by atoms with Crippen LogP contribution >= 0.6 is 0 Å². The first kappa shape index (κ1) is 13.5. The van der Waals surface area contributed by atoms with Crippen molar-refractivity contribution in [1.29, 1.82) is 0 Å². The van der Waals surface area contributed by atoms with Gasteiger partial charge in [-0.15, -0.1) is 0 Å². The summed E-state index contributed by atoms with van der Waals surface area (Å²) in [6.07, 6.45) is 3.09. The number of hydrogen-bond donors (Lipinski definition) is 2. The Hall–Kier alpha value is -1.97. The van der Waals surface area contributed by atoms with Gasteiger partial charge in [-0.25, -0.2) is 0 Å². The average molecular weight is 259 g/mol. The number of aromatic amines is 1. The molecule has 0 aliphatic rings. The number of nitrogen functional groups attached to an aromatic ring is 1. The van der Waals surface area contributed by atoms with E-state index in [1.165, 1.54) is 0 Å². The van der Waals surface area contributed by atoms with Crippen molar-refractivity contribution in [2.45, 2.75) is 33.1 Å². The van der Waals surface area contributed by atoms with Crippen LogP contribution < -0.4 is 10.5 Å². The normalized spacial score (nSPS) is 10.6. The molecule has 2 rings (SSSR count). The first-order valence-electron chi connectivity index (χ1n) is 6.82. The summed E-state index contributed by atoms with van der Waals surface area (Å²) in [5.41, 5.74) is 8.99. The van der Waals surface area contributed by atoms with Gasteiger partial charge in [-0.3, -0.25) is 5.10 Å². The van der Waals surface area contributed by atoms with Gasteiger partial charge in [0.05, 0.1) is 12.3 Å². The molecule has 2 aromatic rings. The molecular formula is C15H21N3O. The van der Waals surface area contributed by atoms with Crippen LogP contribution in [0.5, 0.6) is 5.75 Å². The lowest BCUT2D eigenvalue weighted by Gasteiger charge is -2.06. The van der Waals surface area contributed by atoms with Gasteiger partial charge >= 0.3 is 0 Å². The molecule has 0 fully saturated rings. The number of H-pyrrole nitrogens is 1. The van der Waals surface area contributed by atoms with Crippen LogP contribution in [-0.4, -0.2) is 16.8 Å². The third kappa shape index (κ3) is 3.08. The van der Waals surface area contributed by atoms with Crippen LogP contribution in [0.1, 0.15) is 32.3 Å². The number of nitrogens with two attached hydrogens (primary N) is 1. The van der Waals surface area contributed by atoms with Crippen molar-refractivity contribution >= 4 is 5.82 Å². The zero-order valence-corrected chi connectivity index (χ0v) is 11.6. The number of aromatic nitrogens is 2. The summed E-state index contributed by atoms with van der Waals surface area (Å²) >= 11 is 0. The first-order chi connectivity index (χ1) is 9.26. The highest BCUT2D eigenvalue weighted by molar-refractivity contribution is 5.68. The van der Waals surface area contributed by atoms with Gasteiger partial charge in [-0.1, -0.05) is 20.3 Å². The van der Waals surface area contributed by atoms with Gasteiger partial charge in [0.1, 0.15) is 11.6 Å². The number of ether oxygens (including phenoxy) is 1. The predicted octanol–water partition coefficient (Wildman–Crippen LogP) is 3.40. The van der Waals surface area contributed by atoms with Crippen molar-refractivity contribution in [2.24, 2.45) is 0 Å². The van der Waals surface area contributed by atoms with Crippen molar-refractivity contribution in [3.05, 3.63) is 29.8 Å². The predicted molar refractivity (Wildman–Crippen MR) is 78.2 cm³/mol.